The summed E-state index contributed by atoms with van der Waals surface area (Å²) in [6, 6.07) is 24.8. The minimum atomic E-state index is -0.355. The summed E-state index contributed by atoms with van der Waals surface area (Å²) < 4.78 is 4.96. The number of carbonyl (C=O) groups excluding carboxylic acids is 2. The van der Waals surface area contributed by atoms with E-state index < -0.39 is 0 Å². The van der Waals surface area contributed by atoms with Gasteiger partial charge in [0, 0.05) is 11.4 Å². The van der Waals surface area contributed by atoms with Crippen LogP contribution in [0.4, 0.5) is 11.4 Å². The van der Waals surface area contributed by atoms with Gasteiger partial charge in [0.05, 0.1) is 18.7 Å². The quantitative estimate of drug-likeness (QED) is 0.558. The maximum atomic E-state index is 12.4. The van der Waals surface area contributed by atoms with Gasteiger partial charge in [0.15, 0.2) is 0 Å². The molecule has 29 heavy (non-hydrogen) atoms. The average molecular weight is 388 g/mol. The molecule has 3 aromatic carbocycles. The standard InChI is InChI=1S/C24H24N2O3/c1-2-29-24(28)19-12-14-21(15-13-19)25-17-23(27)26-22-11-7-6-10-20(22)16-18-8-4-3-5-9-18/h3-15,25H,2,16-17H2,1H3,(H,26,27). The summed E-state index contributed by atoms with van der Waals surface area (Å²) in [4.78, 5) is 24.1. The topological polar surface area (TPSA) is 67.4 Å². The summed E-state index contributed by atoms with van der Waals surface area (Å²) in [5.74, 6) is -0.494. The molecule has 0 heterocycles. The minimum absolute atomic E-state index is 0.123. The summed E-state index contributed by atoms with van der Waals surface area (Å²) in [6.45, 7) is 2.23. The fraction of sp³-hybridized carbons (Fsp3) is 0.167. The number of carbonyl (C=O) groups is 2. The van der Waals surface area contributed by atoms with E-state index in [1.807, 2.05) is 42.5 Å². The molecule has 3 rings (SSSR count). The monoisotopic (exact) mass is 388 g/mol. The lowest BCUT2D eigenvalue weighted by atomic mass is 10.0. The fourth-order valence-electron chi connectivity index (χ4n) is 2.93. The molecule has 5 heteroatoms. The van der Waals surface area contributed by atoms with Crippen LogP contribution < -0.4 is 10.6 Å². The number of ether oxygens (including phenoxy) is 1. The van der Waals surface area contributed by atoms with Crippen LogP contribution in [-0.2, 0) is 16.0 Å². The summed E-state index contributed by atoms with van der Waals surface area (Å²) in [5, 5.41) is 6.04. The SMILES string of the molecule is CCOC(=O)c1ccc(NCC(=O)Nc2ccccc2Cc2ccccc2)cc1. The van der Waals surface area contributed by atoms with Crippen molar-refractivity contribution >= 4 is 23.3 Å². The highest BCUT2D eigenvalue weighted by Crippen LogP contribution is 2.19. The molecule has 1 amide bonds. The Morgan fingerprint density at radius 1 is 0.862 bits per heavy atom. The zero-order chi connectivity index (χ0) is 20.5. The predicted octanol–water partition coefficient (Wildman–Crippen LogP) is 4.50. The molecule has 0 bridgehead atoms. The van der Waals surface area contributed by atoms with Gasteiger partial charge < -0.3 is 15.4 Å². The Kier molecular flexibility index (Phi) is 7.00. The van der Waals surface area contributed by atoms with E-state index in [2.05, 4.69) is 22.8 Å². The molecule has 0 unspecified atom stereocenters. The second kappa shape index (κ2) is 10.1. The maximum absolute atomic E-state index is 12.4. The van der Waals surface area contributed by atoms with E-state index >= 15 is 0 Å². The van der Waals surface area contributed by atoms with Gasteiger partial charge in [-0.1, -0.05) is 48.5 Å². The second-order valence-electron chi connectivity index (χ2n) is 6.52. The lowest BCUT2D eigenvalue weighted by molar-refractivity contribution is -0.114. The molecule has 0 saturated heterocycles. The van der Waals surface area contributed by atoms with Gasteiger partial charge in [0.25, 0.3) is 0 Å². The van der Waals surface area contributed by atoms with Crippen LogP contribution in [0.3, 0.4) is 0 Å². The van der Waals surface area contributed by atoms with Gasteiger partial charge in [0.1, 0.15) is 0 Å². The Morgan fingerprint density at radius 3 is 2.28 bits per heavy atom. The lowest BCUT2D eigenvalue weighted by Crippen LogP contribution is -2.22. The molecule has 0 aromatic heterocycles. The van der Waals surface area contributed by atoms with Crippen LogP contribution in [0, 0.1) is 0 Å². The largest absolute Gasteiger partial charge is 0.462 e. The third kappa shape index (κ3) is 5.94. The predicted molar refractivity (Wildman–Crippen MR) is 115 cm³/mol. The van der Waals surface area contributed by atoms with E-state index in [9.17, 15) is 9.59 Å². The van der Waals surface area contributed by atoms with Crippen molar-refractivity contribution in [3.05, 3.63) is 95.6 Å². The van der Waals surface area contributed by atoms with Crippen LogP contribution in [0.1, 0.15) is 28.4 Å². The van der Waals surface area contributed by atoms with Gasteiger partial charge in [-0.15, -0.1) is 0 Å². The van der Waals surface area contributed by atoms with Gasteiger partial charge in [0.2, 0.25) is 5.91 Å². The third-order valence-electron chi connectivity index (χ3n) is 4.38. The number of hydrogen-bond donors (Lipinski definition) is 2. The number of anilines is 2. The van der Waals surface area contributed by atoms with Crippen LogP contribution in [0.5, 0.6) is 0 Å². The molecule has 0 atom stereocenters. The number of esters is 1. The van der Waals surface area contributed by atoms with Crippen LogP contribution in [-0.4, -0.2) is 25.0 Å². The Hall–Kier alpha value is -3.60. The number of nitrogens with one attached hydrogen (secondary N) is 2. The van der Waals surface area contributed by atoms with Crippen molar-refractivity contribution in [1.29, 1.82) is 0 Å². The minimum Gasteiger partial charge on any atom is -0.462 e. The molecule has 0 aliphatic rings. The first-order chi connectivity index (χ1) is 14.2. The van der Waals surface area contributed by atoms with Crippen LogP contribution >= 0.6 is 0 Å². The molecule has 0 saturated carbocycles. The molecule has 5 nitrogen and oxygen atoms in total. The first-order valence-corrected chi connectivity index (χ1v) is 9.58. The van der Waals surface area contributed by atoms with Crippen molar-refractivity contribution < 1.29 is 14.3 Å². The highest BCUT2D eigenvalue weighted by molar-refractivity contribution is 5.94. The molecule has 148 valence electrons. The van der Waals surface area contributed by atoms with Crippen LogP contribution in [0.2, 0.25) is 0 Å². The van der Waals surface area contributed by atoms with Crippen molar-refractivity contribution in [3.8, 4) is 0 Å². The molecular weight excluding hydrogens is 364 g/mol. The van der Waals surface area contributed by atoms with Gasteiger partial charge in [-0.2, -0.15) is 0 Å². The summed E-state index contributed by atoms with van der Waals surface area (Å²) >= 11 is 0. The first-order valence-electron chi connectivity index (χ1n) is 9.58. The van der Waals surface area contributed by atoms with Gasteiger partial charge >= 0.3 is 5.97 Å². The number of rotatable bonds is 8. The normalized spacial score (nSPS) is 10.2. The second-order valence-corrected chi connectivity index (χ2v) is 6.52. The zero-order valence-electron chi connectivity index (χ0n) is 16.4. The first kappa shape index (κ1) is 20.1. The molecule has 0 aliphatic heterocycles. The fourth-order valence-corrected chi connectivity index (χ4v) is 2.93. The summed E-state index contributed by atoms with van der Waals surface area (Å²) in [5.41, 5.74) is 4.29. The van der Waals surface area contributed by atoms with E-state index in [4.69, 9.17) is 4.74 Å². The smallest absolute Gasteiger partial charge is 0.338 e. The van der Waals surface area contributed by atoms with Crippen molar-refractivity contribution in [2.45, 2.75) is 13.3 Å². The van der Waals surface area contributed by atoms with E-state index in [1.165, 1.54) is 5.56 Å². The Bertz CT molecular complexity index is 953. The van der Waals surface area contributed by atoms with Crippen molar-refractivity contribution in [3.63, 3.8) is 0 Å². The van der Waals surface area contributed by atoms with Crippen molar-refractivity contribution in [1.82, 2.24) is 0 Å². The molecule has 0 aliphatic carbocycles. The molecule has 0 fully saturated rings. The van der Waals surface area contributed by atoms with Gasteiger partial charge in [-0.25, -0.2) is 4.79 Å². The number of benzene rings is 3. The Morgan fingerprint density at radius 2 is 1.55 bits per heavy atom. The molecule has 2 N–H and O–H groups in total. The Balaban J connectivity index is 1.57. The highest BCUT2D eigenvalue weighted by atomic mass is 16.5. The van der Waals surface area contributed by atoms with Crippen molar-refractivity contribution in [2.24, 2.45) is 0 Å². The van der Waals surface area contributed by atoms with Crippen molar-refractivity contribution in [2.75, 3.05) is 23.8 Å². The van der Waals surface area contributed by atoms with E-state index in [-0.39, 0.29) is 18.4 Å². The van der Waals surface area contributed by atoms with Gasteiger partial charge in [-0.05, 0) is 54.8 Å². The molecular formula is C24H24N2O3. The summed E-state index contributed by atoms with van der Waals surface area (Å²) in [6.07, 6.45) is 0.750. The number of amides is 1. The number of hydrogen-bond acceptors (Lipinski definition) is 4. The molecule has 0 spiro atoms. The molecule has 0 radical (unpaired) electrons. The summed E-state index contributed by atoms with van der Waals surface area (Å²) in [7, 11) is 0. The van der Waals surface area contributed by atoms with Crippen LogP contribution in [0.15, 0.2) is 78.9 Å². The van der Waals surface area contributed by atoms with E-state index in [0.717, 1.165) is 23.4 Å². The number of para-hydroxylation sites is 1. The van der Waals surface area contributed by atoms with E-state index in [0.29, 0.717) is 12.2 Å². The van der Waals surface area contributed by atoms with Gasteiger partial charge in [-0.3, -0.25) is 4.79 Å². The van der Waals surface area contributed by atoms with E-state index in [1.54, 1.807) is 31.2 Å². The third-order valence-corrected chi connectivity index (χ3v) is 4.38. The maximum Gasteiger partial charge on any atom is 0.338 e. The highest BCUT2D eigenvalue weighted by Gasteiger charge is 2.09. The lowest BCUT2D eigenvalue weighted by Gasteiger charge is -2.12. The Labute approximate surface area is 170 Å². The zero-order valence-corrected chi connectivity index (χ0v) is 16.4. The van der Waals surface area contributed by atoms with Crippen LogP contribution in [0.25, 0.3) is 0 Å². The molecule has 3 aromatic rings. The average Bonchev–Trinajstić information content (AvgIpc) is 2.75.